The van der Waals surface area contributed by atoms with Crippen molar-refractivity contribution in [3.8, 4) is 6.07 Å². The van der Waals surface area contributed by atoms with Gasteiger partial charge in [0.25, 0.3) is 0 Å². The maximum absolute atomic E-state index is 11.1. The SMILES string of the molecule is CCOC(=O)CC(O)C(O)c1cn[nH]c1C#N. The van der Waals surface area contributed by atoms with Crippen LogP contribution in [0.3, 0.4) is 0 Å². The van der Waals surface area contributed by atoms with Crippen LogP contribution in [0.25, 0.3) is 0 Å². The Labute approximate surface area is 97.6 Å². The van der Waals surface area contributed by atoms with Gasteiger partial charge in [-0.25, -0.2) is 0 Å². The highest BCUT2D eigenvalue weighted by Gasteiger charge is 2.25. The molecule has 0 saturated heterocycles. The summed E-state index contributed by atoms with van der Waals surface area (Å²) in [5.41, 5.74) is 0.213. The normalized spacial score (nSPS) is 13.8. The molecular weight excluding hydrogens is 226 g/mol. The first-order valence-corrected chi connectivity index (χ1v) is 5.05. The number of hydrogen-bond acceptors (Lipinski definition) is 6. The molecule has 0 aliphatic rings. The molecule has 2 atom stereocenters. The first-order chi connectivity index (χ1) is 8.10. The monoisotopic (exact) mass is 239 g/mol. The molecule has 0 aliphatic carbocycles. The Morgan fingerprint density at radius 1 is 1.71 bits per heavy atom. The van der Waals surface area contributed by atoms with Gasteiger partial charge >= 0.3 is 5.97 Å². The van der Waals surface area contributed by atoms with Crippen molar-refractivity contribution < 1.29 is 19.7 Å². The van der Waals surface area contributed by atoms with E-state index in [4.69, 9.17) is 5.26 Å². The Bertz CT molecular complexity index is 423. The van der Waals surface area contributed by atoms with Crippen molar-refractivity contribution in [1.29, 1.82) is 5.26 Å². The quantitative estimate of drug-likeness (QED) is 0.603. The van der Waals surface area contributed by atoms with E-state index in [-0.39, 0.29) is 24.3 Å². The van der Waals surface area contributed by atoms with Crippen molar-refractivity contribution in [2.45, 2.75) is 25.6 Å². The van der Waals surface area contributed by atoms with Gasteiger partial charge in [0.1, 0.15) is 17.9 Å². The highest BCUT2D eigenvalue weighted by atomic mass is 16.5. The lowest BCUT2D eigenvalue weighted by atomic mass is 10.0. The molecule has 1 heterocycles. The van der Waals surface area contributed by atoms with Gasteiger partial charge in [-0.15, -0.1) is 0 Å². The van der Waals surface area contributed by atoms with Gasteiger partial charge < -0.3 is 14.9 Å². The van der Waals surface area contributed by atoms with Gasteiger partial charge in [0.2, 0.25) is 0 Å². The van der Waals surface area contributed by atoms with Crippen LogP contribution in [-0.2, 0) is 9.53 Å². The molecule has 7 heteroatoms. The number of nitrogens with one attached hydrogen (secondary N) is 1. The molecule has 0 fully saturated rings. The summed E-state index contributed by atoms with van der Waals surface area (Å²) in [5, 5.41) is 34.0. The summed E-state index contributed by atoms with van der Waals surface area (Å²) in [6.45, 7) is 1.85. The van der Waals surface area contributed by atoms with Crippen molar-refractivity contribution in [3.63, 3.8) is 0 Å². The molecule has 2 unspecified atom stereocenters. The lowest BCUT2D eigenvalue weighted by Gasteiger charge is -2.15. The van der Waals surface area contributed by atoms with Crippen LogP contribution in [-0.4, -0.2) is 39.1 Å². The predicted molar refractivity (Wildman–Crippen MR) is 55.5 cm³/mol. The summed E-state index contributed by atoms with van der Waals surface area (Å²) < 4.78 is 4.64. The third-order valence-electron chi connectivity index (χ3n) is 2.14. The van der Waals surface area contributed by atoms with Crippen LogP contribution in [0.2, 0.25) is 0 Å². The maximum Gasteiger partial charge on any atom is 0.308 e. The zero-order valence-electron chi connectivity index (χ0n) is 9.25. The summed E-state index contributed by atoms with van der Waals surface area (Å²) in [6.07, 6.45) is -1.80. The van der Waals surface area contributed by atoms with E-state index >= 15 is 0 Å². The number of aromatic amines is 1. The summed E-state index contributed by atoms with van der Waals surface area (Å²) in [7, 11) is 0. The van der Waals surface area contributed by atoms with Crippen LogP contribution in [0, 0.1) is 11.3 Å². The van der Waals surface area contributed by atoms with E-state index in [1.54, 1.807) is 13.0 Å². The summed E-state index contributed by atoms with van der Waals surface area (Å²) in [5.74, 6) is -0.610. The Kier molecular flexibility index (Phi) is 4.63. The van der Waals surface area contributed by atoms with E-state index in [0.717, 1.165) is 0 Å². The second kappa shape index (κ2) is 5.98. The average Bonchev–Trinajstić information content (AvgIpc) is 2.76. The van der Waals surface area contributed by atoms with E-state index < -0.39 is 18.2 Å². The van der Waals surface area contributed by atoms with Crippen molar-refractivity contribution in [2.24, 2.45) is 0 Å². The van der Waals surface area contributed by atoms with Crippen molar-refractivity contribution in [3.05, 3.63) is 17.5 Å². The molecule has 1 rings (SSSR count). The third kappa shape index (κ3) is 3.27. The summed E-state index contributed by atoms with van der Waals surface area (Å²) >= 11 is 0. The Hall–Kier alpha value is -1.91. The number of ether oxygens (including phenoxy) is 1. The number of carbonyl (C=O) groups is 1. The fourth-order valence-corrected chi connectivity index (χ4v) is 1.32. The van der Waals surface area contributed by atoms with Crippen molar-refractivity contribution in [2.75, 3.05) is 6.61 Å². The molecule has 0 bridgehead atoms. The number of aliphatic hydroxyl groups is 2. The minimum Gasteiger partial charge on any atom is -0.466 e. The Morgan fingerprint density at radius 2 is 2.41 bits per heavy atom. The van der Waals surface area contributed by atoms with E-state index in [9.17, 15) is 15.0 Å². The summed E-state index contributed by atoms with van der Waals surface area (Å²) in [6, 6.07) is 1.78. The smallest absolute Gasteiger partial charge is 0.308 e. The van der Waals surface area contributed by atoms with E-state index in [1.165, 1.54) is 6.20 Å². The molecule has 0 aromatic carbocycles. The molecule has 0 radical (unpaired) electrons. The number of carbonyl (C=O) groups excluding carboxylic acids is 1. The first kappa shape index (κ1) is 13.2. The first-order valence-electron chi connectivity index (χ1n) is 5.05. The van der Waals surface area contributed by atoms with Crippen LogP contribution in [0.5, 0.6) is 0 Å². The van der Waals surface area contributed by atoms with Gasteiger partial charge in [-0.3, -0.25) is 9.89 Å². The molecule has 1 aromatic rings. The molecule has 1 aromatic heterocycles. The van der Waals surface area contributed by atoms with E-state index in [1.807, 2.05) is 0 Å². The fraction of sp³-hybridized carbons (Fsp3) is 0.500. The molecule has 0 spiro atoms. The zero-order chi connectivity index (χ0) is 12.8. The minimum absolute atomic E-state index is 0.0559. The highest BCUT2D eigenvalue weighted by Crippen LogP contribution is 2.20. The number of rotatable bonds is 5. The Morgan fingerprint density at radius 3 is 3.00 bits per heavy atom. The predicted octanol–water partition coefficient (Wildman–Crippen LogP) is -0.371. The molecular formula is C10H13N3O4. The Balaban J connectivity index is 2.67. The molecule has 7 nitrogen and oxygen atoms in total. The minimum atomic E-state index is -1.35. The van der Waals surface area contributed by atoms with Crippen LogP contribution in [0.4, 0.5) is 0 Å². The van der Waals surface area contributed by atoms with Gasteiger partial charge in [0.05, 0.1) is 25.3 Å². The largest absolute Gasteiger partial charge is 0.466 e. The van der Waals surface area contributed by atoms with Crippen molar-refractivity contribution >= 4 is 5.97 Å². The molecule has 92 valence electrons. The second-order valence-corrected chi connectivity index (χ2v) is 3.33. The van der Waals surface area contributed by atoms with Crippen LogP contribution < -0.4 is 0 Å². The van der Waals surface area contributed by atoms with Gasteiger partial charge in [-0.2, -0.15) is 10.4 Å². The van der Waals surface area contributed by atoms with Crippen molar-refractivity contribution in [1.82, 2.24) is 10.2 Å². The lowest BCUT2D eigenvalue weighted by Crippen LogP contribution is -2.23. The number of aromatic nitrogens is 2. The van der Waals surface area contributed by atoms with Crippen LogP contribution in [0.1, 0.15) is 30.7 Å². The van der Waals surface area contributed by atoms with Gasteiger partial charge in [0.15, 0.2) is 0 Å². The van der Waals surface area contributed by atoms with Crippen LogP contribution >= 0.6 is 0 Å². The molecule has 17 heavy (non-hydrogen) atoms. The molecule has 0 amide bonds. The summed E-state index contributed by atoms with van der Waals surface area (Å²) in [4.78, 5) is 11.1. The number of hydrogen-bond donors (Lipinski definition) is 3. The van der Waals surface area contributed by atoms with E-state index in [0.29, 0.717) is 0 Å². The third-order valence-corrected chi connectivity index (χ3v) is 2.14. The number of H-pyrrole nitrogens is 1. The number of esters is 1. The van der Waals surface area contributed by atoms with E-state index in [2.05, 4.69) is 14.9 Å². The fourth-order valence-electron chi connectivity index (χ4n) is 1.32. The van der Waals surface area contributed by atoms with Gasteiger partial charge in [0, 0.05) is 5.56 Å². The average molecular weight is 239 g/mol. The maximum atomic E-state index is 11.1. The zero-order valence-corrected chi connectivity index (χ0v) is 9.25. The molecule has 0 aliphatic heterocycles. The second-order valence-electron chi connectivity index (χ2n) is 3.33. The lowest BCUT2D eigenvalue weighted by molar-refractivity contribution is -0.147. The van der Waals surface area contributed by atoms with Crippen LogP contribution in [0.15, 0.2) is 6.20 Å². The standard InChI is InChI=1S/C10H13N3O4/c1-2-17-9(15)3-8(14)10(16)6-5-12-13-7(6)4-11/h5,8,10,14,16H,2-3H2,1H3,(H,12,13). The topological polar surface area (TPSA) is 119 Å². The van der Waals surface area contributed by atoms with Gasteiger partial charge in [-0.1, -0.05) is 0 Å². The number of nitrogens with zero attached hydrogens (tertiary/aromatic N) is 2. The molecule has 3 N–H and O–H groups in total. The molecule has 0 saturated carbocycles. The number of aliphatic hydroxyl groups excluding tert-OH is 2. The number of nitriles is 1. The highest BCUT2D eigenvalue weighted by molar-refractivity contribution is 5.70. The van der Waals surface area contributed by atoms with Gasteiger partial charge in [-0.05, 0) is 6.92 Å².